The van der Waals surface area contributed by atoms with Gasteiger partial charge in [-0.05, 0) is 12.1 Å². The average Bonchev–Trinajstić information content (AvgIpc) is 2.75. The van der Waals surface area contributed by atoms with Crippen molar-refractivity contribution in [1.82, 2.24) is 15.1 Å². The Morgan fingerprint density at radius 3 is 3.00 bits per heavy atom. The molecule has 0 aliphatic heterocycles. The van der Waals surface area contributed by atoms with Gasteiger partial charge in [-0.3, -0.25) is 9.89 Å². The summed E-state index contributed by atoms with van der Waals surface area (Å²) < 4.78 is 0. The summed E-state index contributed by atoms with van der Waals surface area (Å²) in [4.78, 5) is 13.0. The van der Waals surface area contributed by atoms with Crippen LogP contribution in [0, 0.1) is 0 Å². The highest BCUT2D eigenvalue weighted by atomic mass is 16.2. The number of fused-ring (bicyclic) bond motifs is 1. The molecule has 6 nitrogen and oxygen atoms in total. The molecule has 0 spiro atoms. The molecule has 0 bridgehead atoms. The Bertz CT molecular complexity index is 561. The summed E-state index contributed by atoms with van der Waals surface area (Å²) in [6.07, 6.45) is 2.17. The zero-order valence-corrected chi connectivity index (χ0v) is 10.5. The molecule has 18 heavy (non-hydrogen) atoms. The Labute approximate surface area is 105 Å². The van der Waals surface area contributed by atoms with Gasteiger partial charge in [-0.15, -0.1) is 0 Å². The Balaban J connectivity index is 2.03. The number of carbonyl (C=O) groups is 1. The van der Waals surface area contributed by atoms with Crippen molar-refractivity contribution in [3.63, 3.8) is 0 Å². The molecule has 4 N–H and O–H groups in total. The van der Waals surface area contributed by atoms with Gasteiger partial charge in [0.05, 0.1) is 23.1 Å². The number of nitrogens with two attached hydrogens (primary N) is 1. The number of anilines is 2. The zero-order chi connectivity index (χ0) is 13.1. The minimum Gasteiger partial charge on any atom is -0.397 e. The number of carbonyl (C=O) groups excluding carboxylic acids is 1. The first-order valence-corrected chi connectivity index (χ1v) is 5.74. The van der Waals surface area contributed by atoms with E-state index in [-0.39, 0.29) is 5.91 Å². The topological polar surface area (TPSA) is 87.0 Å². The summed E-state index contributed by atoms with van der Waals surface area (Å²) in [5.41, 5.74) is 8.32. The van der Waals surface area contributed by atoms with Crippen LogP contribution in [0.1, 0.15) is 6.42 Å². The van der Waals surface area contributed by atoms with E-state index in [1.165, 1.54) is 0 Å². The van der Waals surface area contributed by atoms with Gasteiger partial charge >= 0.3 is 0 Å². The molecule has 96 valence electrons. The van der Waals surface area contributed by atoms with Crippen molar-refractivity contribution in [3.05, 3.63) is 18.3 Å². The Morgan fingerprint density at radius 1 is 1.50 bits per heavy atom. The number of nitrogen functional groups attached to an aromatic ring is 1. The number of amides is 1. The summed E-state index contributed by atoms with van der Waals surface area (Å²) in [6.45, 7) is 0.556. The largest absolute Gasteiger partial charge is 0.397 e. The maximum Gasteiger partial charge on any atom is 0.223 e. The van der Waals surface area contributed by atoms with Gasteiger partial charge in [0.15, 0.2) is 0 Å². The highest BCUT2D eigenvalue weighted by Crippen LogP contribution is 2.24. The van der Waals surface area contributed by atoms with Gasteiger partial charge in [-0.25, -0.2) is 0 Å². The monoisotopic (exact) mass is 247 g/mol. The fourth-order valence-corrected chi connectivity index (χ4v) is 1.69. The molecule has 0 radical (unpaired) electrons. The molecule has 0 saturated carbocycles. The van der Waals surface area contributed by atoms with Crippen LogP contribution in [0.5, 0.6) is 0 Å². The Kier molecular flexibility index (Phi) is 3.36. The van der Waals surface area contributed by atoms with Crippen molar-refractivity contribution in [1.29, 1.82) is 0 Å². The molecule has 0 aliphatic carbocycles. The number of aromatic amines is 1. The number of benzene rings is 1. The molecule has 1 heterocycles. The molecule has 6 heteroatoms. The summed E-state index contributed by atoms with van der Waals surface area (Å²) in [5.74, 6) is 0.0867. The van der Waals surface area contributed by atoms with E-state index in [1.54, 1.807) is 25.2 Å². The summed E-state index contributed by atoms with van der Waals surface area (Å²) >= 11 is 0. The quantitative estimate of drug-likeness (QED) is 0.704. The van der Waals surface area contributed by atoms with Crippen molar-refractivity contribution in [2.75, 3.05) is 31.7 Å². The van der Waals surface area contributed by atoms with E-state index in [0.717, 1.165) is 16.6 Å². The van der Waals surface area contributed by atoms with E-state index < -0.39 is 0 Å². The maximum absolute atomic E-state index is 11.4. The maximum atomic E-state index is 11.4. The van der Waals surface area contributed by atoms with E-state index in [0.29, 0.717) is 18.7 Å². The molecule has 1 amide bonds. The number of hydrogen-bond acceptors (Lipinski definition) is 4. The van der Waals surface area contributed by atoms with Gasteiger partial charge in [0, 0.05) is 32.4 Å². The lowest BCUT2D eigenvalue weighted by Crippen LogP contribution is -2.24. The highest BCUT2D eigenvalue weighted by molar-refractivity contribution is 5.88. The molecular formula is C12H17N5O. The molecule has 1 aromatic carbocycles. The van der Waals surface area contributed by atoms with Crippen molar-refractivity contribution < 1.29 is 4.79 Å². The van der Waals surface area contributed by atoms with Crippen LogP contribution < -0.4 is 11.1 Å². The minimum atomic E-state index is 0.0867. The van der Waals surface area contributed by atoms with E-state index in [1.807, 2.05) is 12.1 Å². The minimum absolute atomic E-state index is 0.0867. The van der Waals surface area contributed by atoms with E-state index in [4.69, 9.17) is 5.73 Å². The molecule has 0 unspecified atom stereocenters. The summed E-state index contributed by atoms with van der Waals surface area (Å²) in [6, 6.07) is 3.76. The number of hydrogen-bond donors (Lipinski definition) is 3. The van der Waals surface area contributed by atoms with Gasteiger partial charge in [-0.2, -0.15) is 5.10 Å². The first-order chi connectivity index (χ1) is 8.58. The molecule has 1 aromatic heterocycles. The molecule has 2 aromatic rings. The lowest BCUT2D eigenvalue weighted by molar-refractivity contribution is -0.128. The average molecular weight is 247 g/mol. The first-order valence-electron chi connectivity index (χ1n) is 5.74. The van der Waals surface area contributed by atoms with Crippen molar-refractivity contribution in [2.45, 2.75) is 6.42 Å². The number of aromatic nitrogens is 2. The highest BCUT2D eigenvalue weighted by Gasteiger charge is 2.06. The second-order valence-electron chi connectivity index (χ2n) is 4.36. The smallest absolute Gasteiger partial charge is 0.223 e. The van der Waals surface area contributed by atoms with E-state index in [2.05, 4.69) is 15.5 Å². The van der Waals surface area contributed by atoms with Crippen LogP contribution in [0.25, 0.3) is 10.9 Å². The molecule has 0 aliphatic rings. The first kappa shape index (κ1) is 12.2. The molecule has 0 saturated heterocycles. The predicted octanol–water partition coefficient (Wildman–Crippen LogP) is 1.04. The van der Waals surface area contributed by atoms with Crippen LogP contribution in [0.3, 0.4) is 0 Å². The van der Waals surface area contributed by atoms with Gasteiger partial charge in [0.25, 0.3) is 0 Å². The number of nitrogens with zero attached hydrogens (tertiary/aromatic N) is 2. The number of nitrogens with one attached hydrogen (secondary N) is 2. The molecular weight excluding hydrogens is 230 g/mol. The zero-order valence-electron chi connectivity index (χ0n) is 10.5. The van der Waals surface area contributed by atoms with Crippen molar-refractivity contribution in [2.24, 2.45) is 0 Å². The normalized spacial score (nSPS) is 10.6. The van der Waals surface area contributed by atoms with Crippen LogP contribution in [-0.2, 0) is 4.79 Å². The van der Waals surface area contributed by atoms with Crippen LogP contribution >= 0.6 is 0 Å². The van der Waals surface area contributed by atoms with Gasteiger partial charge in [-0.1, -0.05) is 0 Å². The second-order valence-corrected chi connectivity index (χ2v) is 4.36. The molecule has 0 atom stereocenters. The summed E-state index contributed by atoms with van der Waals surface area (Å²) in [7, 11) is 3.49. The molecule has 0 fully saturated rings. The predicted molar refractivity (Wildman–Crippen MR) is 72.3 cm³/mol. The Morgan fingerprint density at radius 2 is 2.28 bits per heavy atom. The third kappa shape index (κ3) is 2.53. The van der Waals surface area contributed by atoms with Crippen LogP contribution in [0.4, 0.5) is 11.4 Å². The van der Waals surface area contributed by atoms with Crippen molar-refractivity contribution >= 4 is 28.2 Å². The van der Waals surface area contributed by atoms with Crippen molar-refractivity contribution in [3.8, 4) is 0 Å². The molecule has 2 rings (SSSR count). The van der Waals surface area contributed by atoms with Gasteiger partial charge in [0.1, 0.15) is 0 Å². The standard InChI is InChI=1S/C12H17N5O/c1-17(2)12(18)3-4-14-11-6-10-8(5-9(11)13)7-15-16-10/h5-7,14H,3-4,13H2,1-2H3,(H,15,16). The SMILES string of the molecule is CN(C)C(=O)CCNc1cc2[nH]ncc2cc1N. The van der Waals surface area contributed by atoms with Crippen LogP contribution in [0.15, 0.2) is 18.3 Å². The van der Waals surface area contributed by atoms with E-state index in [9.17, 15) is 4.79 Å². The fourth-order valence-electron chi connectivity index (χ4n) is 1.69. The second kappa shape index (κ2) is 4.95. The van der Waals surface area contributed by atoms with Crippen LogP contribution in [0.2, 0.25) is 0 Å². The third-order valence-electron chi connectivity index (χ3n) is 2.76. The van der Waals surface area contributed by atoms with Crippen LogP contribution in [-0.4, -0.2) is 41.6 Å². The lowest BCUT2D eigenvalue weighted by Gasteiger charge is -2.12. The fraction of sp³-hybridized carbons (Fsp3) is 0.333. The number of rotatable bonds is 4. The lowest BCUT2D eigenvalue weighted by atomic mass is 10.2. The Hall–Kier alpha value is -2.24. The van der Waals surface area contributed by atoms with E-state index >= 15 is 0 Å². The van der Waals surface area contributed by atoms with Gasteiger partial charge < -0.3 is 16.0 Å². The summed E-state index contributed by atoms with van der Waals surface area (Å²) in [5, 5.41) is 11.0. The van der Waals surface area contributed by atoms with Gasteiger partial charge in [0.2, 0.25) is 5.91 Å². The number of H-pyrrole nitrogens is 1. The third-order valence-corrected chi connectivity index (χ3v) is 2.76.